The van der Waals surface area contributed by atoms with E-state index in [4.69, 9.17) is 9.72 Å². The second-order valence-corrected chi connectivity index (χ2v) is 7.41. The lowest BCUT2D eigenvalue weighted by atomic mass is 9.96. The molecule has 0 aliphatic carbocycles. The van der Waals surface area contributed by atoms with E-state index in [-0.39, 0.29) is 12.4 Å². The van der Waals surface area contributed by atoms with Crippen LogP contribution in [0.3, 0.4) is 0 Å². The number of ketones is 1. The van der Waals surface area contributed by atoms with Crippen LogP contribution in [0, 0.1) is 6.92 Å². The lowest BCUT2D eigenvalue weighted by Gasteiger charge is -2.28. The van der Waals surface area contributed by atoms with Crippen molar-refractivity contribution in [1.29, 1.82) is 0 Å². The number of carbonyl (C=O) groups is 2. The topological polar surface area (TPSA) is 59.5 Å². The molecule has 2 heterocycles. The standard InChI is InChI=1S/C24H24N2O3/c1-3-26-13-12-21-19(14-26)23(18-6-4-5-7-20(18)25-21)24(28)29-15-22(27)17-10-8-16(2)9-11-17/h4-11H,3,12-15H2,1-2H3. The second-order valence-electron chi connectivity index (χ2n) is 7.41. The van der Waals surface area contributed by atoms with E-state index in [1.807, 2.05) is 43.3 Å². The molecule has 0 spiro atoms. The van der Waals surface area contributed by atoms with E-state index in [0.29, 0.717) is 17.7 Å². The number of nitrogens with zero attached hydrogens (tertiary/aromatic N) is 2. The van der Waals surface area contributed by atoms with Crippen molar-refractivity contribution in [2.24, 2.45) is 0 Å². The zero-order chi connectivity index (χ0) is 20.4. The highest BCUT2D eigenvalue weighted by molar-refractivity contribution is 6.06. The average Bonchev–Trinajstić information content (AvgIpc) is 2.75. The van der Waals surface area contributed by atoms with Crippen LogP contribution in [0.15, 0.2) is 48.5 Å². The van der Waals surface area contributed by atoms with Gasteiger partial charge in [0, 0.05) is 41.7 Å². The highest BCUT2D eigenvalue weighted by Crippen LogP contribution is 2.28. The molecule has 0 bridgehead atoms. The first kappa shape index (κ1) is 19.3. The quantitative estimate of drug-likeness (QED) is 0.489. The van der Waals surface area contributed by atoms with Crippen LogP contribution >= 0.6 is 0 Å². The molecule has 3 aromatic rings. The predicted octanol–water partition coefficient (Wildman–Crippen LogP) is 3.96. The third-order valence-electron chi connectivity index (χ3n) is 5.48. The van der Waals surface area contributed by atoms with Crippen LogP contribution in [0.25, 0.3) is 10.9 Å². The molecule has 0 atom stereocenters. The molecule has 0 fully saturated rings. The van der Waals surface area contributed by atoms with Crippen molar-refractivity contribution in [2.45, 2.75) is 26.8 Å². The summed E-state index contributed by atoms with van der Waals surface area (Å²) in [5.41, 5.74) is 4.82. The Bertz CT molecular complexity index is 1070. The molecule has 0 radical (unpaired) electrons. The third-order valence-corrected chi connectivity index (χ3v) is 5.48. The zero-order valence-corrected chi connectivity index (χ0v) is 16.8. The monoisotopic (exact) mass is 388 g/mol. The lowest BCUT2D eigenvalue weighted by molar-refractivity contribution is 0.0474. The first-order valence-electron chi connectivity index (χ1n) is 9.96. The molecule has 4 rings (SSSR count). The molecular weight excluding hydrogens is 364 g/mol. The Morgan fingerprint density at radius 2 is 1.86 bits per heavy atom. The molecule has 1 aliphatic heterocycles. The molecule has 2 aromatic carbocycles. The summed E-state index contributed by atoms with van der Waals surface area (Å²) in [7, 11) is 0. The Hall–Kier alpha value is -3.05. The lowest BCUT2D eigenvalue weighted by Crippen LogP contribution is -2.32. The number of hydrogen-bond donors (Lipinski definition) is 0. The van der Waals surface area contributed by atoms with E-state index in [9.17, 15) is 9.59 Å². The van der Waals surface area contributed by atoms with E-state index in [1.54, 1.807) is 12.1 Å². The fraction of sp³-hybridized carbons (Fsp3) is 0.292. The summed E-state index contributed by atoms with van der Waals surface area (Å²) in [4.78, 5) is 32.6. The van der Waals surface area contributed by atoms with E-state index in [2.05, 4.69) is 11.8 Å². The highest BCUT2D eigenvalue weighted by atomic mass is 16.5. The minimum absolute atomic E-state index is 0.208. The fourth-order valence-corrected chi connectivity index (χ4v) is 3.78. The van der Waals surface area contributed by atoms with Gasteiger partial charge in [0.2, 0.25) is 0 Å². The maximum Gasteiger partial charge on any atom is 0.339 e. The van der Waals surface area contributed by atoms with Gasteiger partial charge in [0.25, 0.3) is 0 Å². The third kappa shape index (κ3) is 3.91. The number of Topliss-reactive ketones (excluding diaryl/α,β-unsaturated/α-hetero) is 1. The summed E-state index contributed by atoms with van der Waals surface area (Å²) >= 11 is 0. The molecule has 148 valence electrons. The number of rotatable bonds is 5. The zero-order valence-electron chi connectivity index (χ0n) is 16.8. The number of para-hydroxylation sites is 1. The number of ether oxygens (including phenoxy) is 1. The summed E-state index contributed by atoms with van der Waals surface area (Å²) in [5, 5.41) is 0.775. The molecule has 0 unspecified atom stereocenters. The maximum absolute atomic E-state index is 13.1. The van der Waals surface area contributed by atoms with Gasteiger partial charge < -0.3 is 4.74 Å². The van der Waals surface area contributed by atoms with E-state index >= 15 is 0 Å². The second kappa shape index (κ2) is 8.13. The van der Waals surface area contributed by atoms with Crippen molar-refractivity contribution in [2.75, 3.05) is 19.7 Å². The van der Waals surface area contributed by atoms with Gasteiger partial charge in [-0.1, -0.05) is 55.0 Å². The summed E-state index contributed by atoms with van der Waals surface area (Å²) in [5.74, 6) is -0.668. The van der Waals surface area contributed by atoms with Crippen molar-refractivity contribution in [3.63, 3.8) is 0 Å². The van der Waals surface area contributed by atoms with Gasteiger partial charge in [-0.05, 0) is 19.5 Å². The van der Waals surface area contributed by atoms with Gasteiger partial charge in [-0.2, -0.15) is 0 Å². The first-order valence-corrected chi connectivity index (χ1v) is 9.96. The van der Waals surface area contributed by atoms with E-state index in [1.165, 1.54) is 0 Å². The Morgan fingerprint density at radius 3 is 2.62 bits per heavy atom. The highest BCUT2D eigenvalue weighted by Gasteiger charge is 2.26. The van der Waals surface area contributed by atoms with Gasteiger partial charge in [0.05, 0.1) is 11.1 Å². The molecule has 5 nitrogen and oxygen atoms in total. The van der Waals surface area contributed by atoms with Crippen LogP contribution in [0.1, 0.15) is 44.5 Å². The molecule has 1 aliphatic rings. The van der Waals surface area contributed by atoms with Crippen molar-refractivity contribution in [1.82, 2.24) is 9.88 Å². The van der Waals surface area contributed by atoms with Crippen molar-refractivity contribution in [3.8, 4) is 0 Å². The minimum Gasteiger partial charge on any atom is -0.454 e. The van der Waals surface area contributed by atoms with Gasteiger partial charge in [0.1, 0.15) is 0 Å². The number of benzene rings is 2. The van der Waals surface area contributed by atoms with Gasteiger partial charge in [-0.15, -0.1) is 0 Å². The first-order chi connectivity index (χ1) is 14.1. The number of fused-ring (bicyclic) bond motifs is 2. The van der Waals surface area contributed by atoms with Crippen molar-refractivity contribution in [3.05, 3.63) is 76.5 Å². The molecular formula is C24H24N2O3. The Morgan fingerprint density at radius 1 is 1.10 bits per heavy atom. The van der Waals surface area contributed by atoms with Crippen LogP contribution in [-0.2, 0) is 17.7 Å². The SMILES string of the molecule is CCN1CCc2nc3ccccc3c(C(=O)OCC(=O)c3ccc(C)cc3)c2C1. The van der Waals surface area contributed by atoms with Crippen LogP contribution in [0.4, 0.5) is 0 Å². The van der Waals surface area contributed by atoms with E-state index in [0.717, 1.165) is 47.2 Å². The van der Waals surface area contributed by atoms with Crippen LogP contribution in [-0.4, -0.2) is 41.3 Å². The molecule has 1 aromatic heterocycles. The molecule has 0 saturated heterocycles. The van der Waals surface area contributed by atoms with Crippen LogP contribution in [0.5, 0.6) is 0 Å². The number of likely N-dealkylation sites (N-methyl/N-ethyl adjacent to an activating group) is 1. The van der Waals surface area contributed by atoms with Gasteiger partial charge in [-0.25, -0.2) is 4.79 Å². The largest absolute Gasteiger partial charge is 0.454 e. The van der Waals surface area contributed by atoms with Gasteiger partial charge in [-0.3, -0.25) is 14.7 Å². The fourth-order valence-electron chi connectivity index (χ4n) is 3.78. The maximum atomic E-state index is 13.1. The van der Waals surface area contributed by atoms with Crippen LogP contribution < -0.4 is 0 Å². The molecule has 29 heavy (non-hydrogen) atoms. The number of pyridine rings is 1. The molecule has 0 N–H and O–H groups in total. The summed E-state index contributed by atoms with van der Waals surface area (Å²) < 4.78 is 5.48. The summed E-state index contributed by atoms with van der Waals surface area (Å²) in [6.07, 6.45) is 0.802. The summed E-state index contributed by atoms with van der Waals surface area (Å²) in [6, 6.07) is 14.9. The molecule has 0 saturated carbocycles. The number of aryl methyl sites for hydroxylation is 1. The Labute approximate surface area is 170 Å². The number of aromatic nitrogens is 1. The summed E-state index contributed by atoms with van der Waals surface area (Å²) in [6.45, 7) is 6.30. The van der Waals surface area contributed by atoms with Crippen molar-refractivity contribution >= 4 is 22.7 Å². The predicted molar refractivity (Wildman–Crippen MR) is 112 cm³/mol. The van der Waals surface area contributed by atoms with Gasteiger partial charge in [0.15, 0.2) is 12.4 Å². The van der Waals surface area contributed by atoms with Crippen molar-refractivity contribution < 1.29 is 14.3 Å². The van der Waals surface area contributed by atoms with E-state index < -0.39 is 5.97 Å². The Balaban J connectivity index is 1.64. The number of esters is 1. The number of hydrogen-bond acceptors (Lipinski definition) is 5. The molecule has 5 heteroatoms. The smallest absolute Gasteiger partial charge is 0.339 e. The van der Waals surface area contributed by atoms with Crippen LogP contribution in [0.2, 0.25) is 0 Å². The average molecular weight is 388 g/mol. The Kier molecular flexibility index (Phi) is 5.41. The van der Waals surface area contributed by atoms with Gasteiger partial charge >= 0.3 is 5.97 Å². The number of carbonyl (C=O) groups excluding carboxylic acids is 2. The molecule has 0 amide bonds. The minimum atomic E-state index is -0.460. The normalized spacial score (nSPS) is 13.9.